The molecule has 0 fully saturated rings. The second-order valence-electron chi connectivity index (χ2n) is 5.86. The zero-order valence-electron chi connectivity index (χ0n) is 14.0. The van der Waals surface area contributed by atoms with Crippen LogP contribution >= 0.6 is 23.2 Å². The van der Waals surface area contributed by atoms with Gasteiger partial charge in [-0.1, -0.05) is 23.2 Å². The summed E-state index contributed by atoms with van der Waals surface area (Å²) in [6.07, 6.45) is 2.27. The van der Waals surface area contributed by atoms with Gasteiger partial charge in [0.15, 0.2) is 5.76 Å². The number of hydrogen-bond donors (Lipinski definition) is 3. The number of fused-ring (bicyclic) bond motifs is 1. The van der Waals surface area contributed by atoms with Crippen LogP contribution in [0.3, 0.4) is 0 Å². The van der Waals surface area contributed by atoms with Gasteiger partial charge in [-0.15, -0.1) is 5.10 Å². The number of amides is 1. The van der Waals surface area contributed by atoms with Crippen LogP contribution in [0.1, 0.15) is 40.3 Å². The predicted octanol–water partition coefficient (Wildman–Crippen LogP) is 3.46. The largest absolute Gasteiger partial charge is 0.455 e. The van der Waals surface area contributed by atoms with E-state index in [4.69, 9.17) is 39.1 Å². The smallest absolute Gasteiger partial charge is 0.291 e. The molecule has 0 bridgehead atoms. The number of benzene rings is 1. The minimum atomic E-state index is -0.378. The van der Waals surface area contributed by atoms with E-state index < -0.39 is 0 Å². The summed E-state index contributed by atoms with van der Waals surface area (Å²) < 4.78 is 5.80. The van der Waals surface area contributed by atoms with E-state index in [0.29, 0.717) is 39.2 Å². The van der Waals surface area contributed by atoms with Gasteiger partial charge in [-0.3, -0.25) is 4.79 Å². The van der Waals surface area contributed by atoms with Gasteiger partial charge in [0.05, 0.1) is 15.8 Å². The third kappa shape index (κ3) is 3.68. The topological polar surface area (TPSA) is 119 Å². The number of nitrogens with zero attached hydrogens (tertiary/aromatic N) is 2. The van der Waals surface area contributed by atoms with Crippen molar-refractivity contribution in [3.8, 4) is 0 Å². The molecule has 0 atom stereocenters. The Balaban J connectivity index is 1.92. The average molecular weight is 394 g/mol. The maximum Gasteiger partial charge on any atom is 0.291 e. The fourth-order valence-corrected chi connectivity index (χ4v) is 3.16. The second-order valence-corrected chi connectivity index (χ2v) is 6.68. The molecule has 0 saturated carbocycles. The third-order valence-corrected chi connectivity index (χ3v) is 4.73. The van der Waals surface area contributed by atoms with Gasteiger partial charge in [0.2, 0.25) is 5.96 Å². The molecule has 0 unspecified atom stereocenters. The van der Waals surface area contributed by atoms with Gasteiger partial charge < -0.3 is 21.2 Å². The van der Waals surface area contributed by atoms with Gasteiger partial charge in [0.25, 0.3) is 5.91 Å². The molecule has 1 aromatic carbocycles. The number of hydrogen-bond acceptors (Lipinski definition) is 4. The molecule has 2 aromatic rings. The zero-order valence-corrected chi connectivity index (χ0v) is 15.5. The Hall–Kier alpha value is -2.51. The van der Waals surface area contributed by atoms with E-state index in [0.717, 1.165) is 18.4 Å². The SMILES string of the molecule is Cc1c(C(=O)Nc2ccc(Cl)c(Cl)c2)oc2c1/C(=N/N=C(N)N)CCC2. The van der Waals surface area contributed by atoms with E-state index in [2.05, 4.69) is 15.5 Å². The van der Waals surface area contributed by atoms with Crippen LogP contribution in [0.2, 0.25) is 10.0 Å². The minimum absolute atomic E-state index is 0.122. The Morgan fingerprint density at radius 2 is 2.00 bits per heavy atom. The highest BCUT2D eigenvalue weighted by Gasteiger charge is 2.28. The molecule has 26 heavy (non-hydrogen) atoms. The molecule has 1 heterocycles. The van der Waals surface area contributed by atoms with E-state index in [1.54, 1.807) is 18.2 Å². The van der Waals surface area contributed by atoms with E-state index in [9.17, 15) is 4.79 Å². The molecule has 1 aromatic heterocycles. The molecule has 1 amide bonds. The highest BCUT2D eigenvalue weighted by molar-refractivity contribution is 6.42. The van der Waals surface area contributed by atoms with E-state index >= 15 is 0 Å². The minimum Gasteiger partial charge on any atom is -0.455 e. The lowest BCUT2D eigenvalue weighted by Gasteiger charge is -2.11. The molecule has 1 aliphatic carbocycles. The highest BCUT2D eigenvalue weighted by atomic mass is 35.5. The zero-order chi connectivity index (χ0) is 18.8. The summed E-state index contributed by atoms with van der Waals surface area (Å²) in [7, 11) is 0. The van der Waals surface area contributed by atoms with Crippen LogP contribution < -0.4 is 16.8 Å². The third-order valence-electron chi connectivity index (χ3n) is 4.00. The summed E-state index contributed by atoms with van der Waals surface area (Å²) in [6.45, 7) is 1.81. The van der Waals surface area contributed by atoms with E-state index in [-0.39, 0.29) is 17.6 Å². The summed E-state index contributed by atoms with van der Waals surface area (Å²) in [5.74, 6) is 0.429. The maximum atomic E-state index is 12.6. The van der Waals surface area contributed by atoms with Crippen LogP contribution in [-0.2, 0) is 6.42 Å². The van der Waals surface area contributed by atoms with Crippen molar-refractivity contribution in [3.05, 3.63) is 50.9 Å². The predicted molar refractivity (Wildman–Crippen MR) is 103 cm³/mol. The number of halogens is 2. The van der Waals surface area contributed by atoms with Gasteiger partial charge in [-0.05, 0) is 38.0 Å². The first kappa shape index (κ1) is 18.3. The van der Waals surface area contributed by atoms with Gasteiger partial charge in [-0.25, -0.2) is 0 Å². The van der Waals surface area contributed by atoms with Gasteiger partial charge >= 0.3 is 0 Å². The molecule has 9 heteroatoms. The van der Waals surface area contributed by atoms with Crippen LogP contribution in [0.5, 0.6) is 0 Å². The molecule has 7 nitrogen and oxygen atoms in total. The van der Waals surface area contributed by atoms with Crippen LogP contribution in [-0.4, -0.2) is 17.6 Å². The molecule has 0 radical (unpaired) electrons. The Kier molecular flexibility index (Phi) is 5.20. The molecule has 5 N–H and O–H groups in total. The summed E-state index contributed by atoms with van der Waals surface area (Å²) in [6, 6.07) is 4.85. The molecule has 0 saturated heterocycles. The molecular weight excluding hydrogens is 377 g/mol. The number of rotatable bonds is 3. The summed E-state index contributed by atoms with van der Waals surface area (Å²) in [5, 5.41) is 11.3. The Bertz CT molecular complexity index is 929. The summed E-state index contributed by atoms with van der Waals surface area (Å²) >= 11 is 11.9. The molecular formula is C17H17Cl2N5O2. The molecule has 0 aliphatic heterocycles. The second kappa shape index (κ2) is 7.39. The monoisotopic (exact) mass is 393 g/mol. The van der Waals surface area contributed by atoms with Crippen molar-refractivity contribution in [2.75, 3.05) is 5.32 Å². The molecule has 0 spiro atoms. The lowest BCUT2D eigenvalue weighted by molar-refractivity contribution is 0.0994. The van der Waals surface area contributed by atoms with Crippen molar-refractivity contribution in [2.45, 2.75) is 26.2 Å². The lowest BCUT2D eigenvalue weighted by Crippen LogP contribution is -2.22. The molecule has 3 rings (SSSR count). The first-order valence-corrected chi connectivity index (χ1v) is 8.67. The van der Waals surface area contributed by atoms with Crippen LogP contribution in [0.4, 0.5) is 5.69 Å². The number of aryl methyl sites for hydroxylation is 1. The number of carbonyl (C=O) groups is 1. The molecule has 136 valence electrons. The van der Waals surface area contributed by atoms with Crippen molar-refractivity contribution in [2.24, 2.45) is 21.7 Å². The highest BCUT2D eigenvalue weighted by Crippen LogP contribution is 2.31. The van der Waals surface area contributed by atoms with Crippen LogP contribution in [0, 0.1) is 6.92 Å². The van der Waals surface area contributed by atoms with Crippen LogP contribution in [0.25, 0.3) is 0 Å². The fourth-order valence-electron chi connectivity index (χ4n) is 2.86. The Morgan fingerprint density at radius 3 is 2.69 bits per heavy atom. The van der Waals surface area contributed by atoms with Gasteiger partial charge in [0, 0.05) is 23.2 Å². The lowest BCUT2D eigenvalue weighted by atomic mass is 9.93. The Labute approximate surface area is 160 Å². The first-order chi connectivity index (χ1) is 12.4. The number of nitrogens with one attached hydrogen (secondary N) is 1. The van der Waals surface area contributed by atoms with E-state index in [1.807, 2.05) is 6.92 Å². The average Bonchev–Trinajstić information content (AvgIpc) is 2.94. The number of furan rings is 1. The Morgan fingerprint density at radius 1 is 1.23 bits per heavy atom. The number of anilines is 1. The van der Waals surface area contributed by atoms with Crippen molar-refractivity contribution < 1.29 is 9.21 Å². The van der Waals surface area contributed by atoms with Crippen molar-refractivity contribution in [3.63, 3.8) is 0 Å². The number of nitrogens with two attached hydrogens (primary N) is 2. The molecule has 1 aliphatic rings. The first-order valence-electron chi connectivity index (χ1n) is 7.91. The van der Waals surface area contributed by atoms with Crippen molar-refractivity contribution >= 4 is 46.5 Å². The standard InChI is InChI=1S/C17H17Cl2N5O2/c1-8-14-12(23-24-17(20)21)3-2-4-13(14)26-15(8)16(25)22-9-5-6-10(18)11(19)7-9/h5-7H,2-4H2,1H3,(H,22,25)(H4,20,21,24)/b23-12+. The number of guanidine groups is 1. The normalized spacial score (nSPS) is 14.8. The maximum absolute atomic E-state index is 12.6. The van der Waals surface area contributed by atoms with Crippen molar-refractivity contribution in [1.29, 1.82) is 0 Å². The van der Waals surface area contributed by atoms with Crippen molar-refractivity contribution in [1.82, 2.24) is 0 Å². The number of carbonyl (C=O) groups excluding carboxylic acids is 1. The summed E-state index contributed by atoms with van der Waals surface area (Å²) in [5.41, 5.74) is 13.4. The van der Waals surface area contributed by atoms with Crippen LogP contribution in [0.15, 0.2) is 32.8 Å². The summed E-state index contributed by atoms with van der Waals surface area (Å²) in [4.78, 5) is 12.6. The van der Waals surface area contributed by atoms with E-state index in [1.165, 1.54) is 0 Å². The quantitative estimate of drug-likeness (QED) is 0.420. The fraction of sp³-hybridized carbons (Fsp3) is 0.235. The van der Waals surface area contributed by atoms with Gasteiger partial charge in [0.1, 0.15) is 5.76 Å². The van der Waals surface area contributed by atoms with Gasteiger partial charge in [-0.2, -0.15) is 5.10 Å².